The predicted molar refractivity (Wildman–Crippen MR) is 84.2 cm³/mol. The number of hydrogen-bond acceptors (Lipinski definition) is 3. The molecule has 0 aliphatic carbocycles. The van der Waals surface area contributed by atoms with Crippen LogP contribution in [-0.4, -0.2) is 42.7 Å². The molecule has 0 saturated heterocycles. The van der Waals surface area contributed by atoms with Gasteiger partial charge in [-0.05, 0) is 30.8 Å². The van der Waals surface area contributed by atoms with E-state index in [4.69, 9.17) is 33.0 Å². The number of carbonyl (C=O) groups is 1. The molecular formula is C15H17Cl2NO3. The molecule has 1 aliphatic rings. The molecule has 1 aromatic rings. The number of halogens is 2. The zero-order chi connectivity index (χ0) is 15.6. The molecule has 1 unspecified atom stereocenters. The highest BCUT2D eigenvalue weighted by molar-refractivity contribution is 6.36. The molecule has 21 heavy (non-hydrogen) atoms. The topological polar surface area (TPSA) is 49.8 Å². The number of aliphatic carboxylic acids is 1. The molecule has 4 nitrogen and oxygen atoms in total. The molecule has 0 bridgehead atoms. The van der Waals surface area contributed by atoms with Crippen LogP contribution in [0.1, 0.15) is 12.5 Å². The lowest BCUT2D eigenvalue weighted by molar-refractivity contribution is -0.141. The maximum absolute atomic E-state index is 10.9. The molecule has 0 amide bonds. The van der Waals surface area contributed by atoms with Gasteiger partial charge in [0.15, 0.2) is 0 Å². The van der Waals surface area contributed by atoms with Crippen molar-refractivity contribution >= 4 is 35.2 Å². The SMILES string of the molecule is CC(CN(C)CC1=Cc2cc(Cl)cc(Cl)c2OC1)C(=O)O. The van der Waals surface area contributed by atoms with Gasteiger partial charge >= 0.3 is 5.97 Å². The van der Waals surface area contributed by atoms with Crippen molar-refractivity contribution in [2.45, 2.75) is 6.92 Å². The second kappa shape index (κ2) is 6.69. The Kier molecular flexibility index (Phi) is 5.14. The lowest BCUT2D eigenvalue weighted by Crippen LogP contribution is -2.31. The maximum Gasteiger partial charge on any atom is 0.307 e. The highest BCUT2D eigenvalue weighted by Gasteiger charge is 2.18. The van der Waals surface area contributed by atoms with Crippen LogP contribution in [0.2, 0.25) is 10.0 Å². The summed E-state index contributed by atoms with van der Waals surface area (Å²) in [6.07, 6.45) is 2.00. The average molecular weight is 330 g/mol. The van der Waals surface area contributed by atoms with Gasteiger partial charge in [0, 0.05) is 23.7 Å². The lowest BCUT2D eigenvalue weighted by Gasteiger charge is -2.24. The number of carboxylic acid groups (broad SMARTS) is 1. The van der Waals surface area contributed by atoms with Gasteiger partial charge < -0.3 is 14.7 Å². The van der Waals surface area contributed by atoms with E-state index < -0.39 is 11.9 Å². The maximum atomic E-state index is 10.9. The average Bonchev–Trinajstić information content (AvgIpc) is 2.37. The van der Waals surface area contributed by atoms with Gasteiger partial charge in [0.2, 0.25) is 0 Å². The highest BCUT2D eigenvalue weighted by atomic mass is 35.5. The van der Waals surface area contributed by atoms with E-state index in [0.29, 0.717) is 35.5 Å². The second-order valence-corrected chi connectivity index (χ2v) is 6.18. The van der Waals surface area contributed by atoms with Gasteiger partial charge in [0.1, 0.15) is 12.4 Å². The summed E-state index contributed by atoms with van der Waals surface area (Å²) in [4.78, 5) is 12.8. The Hall–Kier alpha value is -1.23. The van der Waals surface area contributed by atoms with Crippen LogP contribution in [0, 0.1) is 5.92 Å². The first-order chi connectivity index (χ1) is 9.86. The number of nitrogens with zero attached hydrogens (tertiary/aromatic N) is 1. The summed E-state index contributed by atoms with van der Waals surface area (Å²) in [5, 5.41) is 10.00. The molecule has 1 atom stereocenters. The number of hydrogen-bond donors (Lipinski definition) is 1. The van der Waals surface area contributed by atoms with Crippen LogP contribution in [0.4, 0.5) is 0 Å². The van der Waals surface area contributed by atoms with Crippen molar-refractivity contribution in [1.29, 1.82) is 0 Å². The zero-order valence-corrected chi connectivity index (χ0v) is 13.4. The normalized spacial score (nSPS) is 15.2. The molecule has 1 aromatic carbocycles. The van der Waals surface area contributed by atoms with Gasteiger partial charge in [-0.15, -0.1) is 0 Å². The van der Waals surface area contributed by atoms with E-state index in [-0.39, 0.29) is 0 Å². The summed E-state index contributed by atoms with van der Waals surface area (Å²) in [5.41, 5.74) is 1.91. The standard InChI is InChI=1S/C15H17Cl2NO3/c1-9(15(19)20)6-18(2)7-10-3-11-4-12(16)5-13(17)14(11)21-8-10/h3-5,9H,6-8H2,1-2H3,(H,19,20). The summed E-state index contributed by atoms with van der Waals surface area (Å²) in [5.74, 6) is -0.553. The van der Waals surface area contributed by atoms with Crippen LogP contribution in [0.5, 0.6) is 5.75 Å². The largest absolute Gasteiger partial charge is 0.487 e. The molecule has 1 aliphatic heterocycles. The number of carboxylic acids is 1. The fraction of sp³-hybridized carbons (Fsp3) is 0.400. The fourth-order valence-electron chi connectivity index (χ4n) is 2.31. The minimum Gasteiger partial charge on any atom is -0.487 e. The number of likely N-dealkylation sites (N-methyl/N-ethyl adjacent to an activating group) is 1. The van der Waals surface area contributed by atoms with E-state index in [1.54, 1.807) is 13.0 Å². The summed E-state index contributed by atoms with van der Waals surface area (Å²) >= 11 is 12.1. The zero-order valence-electron chi connectivity index (χ0n) is 11.9. The van der Waals surface area contributed by atoms with Crippen molar-refractivity contribution < 1.29 is 14.6 Å². The van der Waals surface area contributed by atoms with Gasteiger partial charge in [0.25, 0.3) is 0 Å². The minimum absolute atomic E-state index is 0.406. The third-order valence-corrected chi connectivity index (χ3v) is 3.78. The fourth-order valence-corrected chi connectivity index (χ4v) is 2.88. The first-order valence-corrected chi connectivity index (χ1v) is 7.35. The molecule has 6 heteroatoms. The van der Waals surface area contributed by atoms with Crippen molar-refractivity contribution in [1.82, 2.24) is 4.90 Å². The van der Waals surface area contributed by atoms with Crippen LogP contribution in [-0.2, 0) is 4.79 Å². The van der Waals surface area contributed by atoms with Crippen LogP contribution in [0.3, 0.4) is 0 Å². The van der Waals surface area contributed by atoms with Crippen LogP contribution < -0.4 is 4.74 Å². The van der Waals surface area contributed by atoms with Crippen LogP contribution in [0.25, 0.3) is 6.08 Å². The Morgan fingerprint density at radius 3 is 2.86 bits per heavy atom. The van der Waals surface area contributed by atoms with Crippen LogP contribution in [0.15, 0.2) is 17.7 Å². The van der Waals surface area contributed by atoms with Gasteiger partial charge in [0.05, 0.1) is 10.9 Å². The lowest BCUT2D eigenvalue weighted by atomic mass is 10.1. The highest BCUT2D eigenvalue weighted by Crippen LogP contribution is 2.36. The van der Waals surface area contributed by atoms with E-state index in [2.05, 4.69) is 0 Å². The van der Waals surface area contributed by atoms with Crippen molar-refractivity contribution in [3.05, 3.63) is 33.3 Å². The van der Waals surface area contributed by atoms with Crippen molar-refractivity contribution in [3.8, 4) is 5.75 Å². The van der Waals surface area contributed by atoms with Gasteiger partial charge in [-0.1, -0.05) is 30.1 Å². The van der Waals surface area contributed by atoms with Gasteiger partial charge in [-0.3, -0.25) is 4.79 Å². The molecule has 0 spiro atoms. The third-order valence-electron chi connectivity index (χ3n) is 3.28. The first kappa shape index (κ1) is 16.1. The van der Waals surface area contributed by atoms with Gasteiger partial charge in [-0.2, -0.15) is 0 Å². The number of ether oxygens (including phenoxy) is 1. The molecule has 0 fully saturated rings. The van der Waals surface area contributed by atoms with Gasteiger partial charge in [-0.25, -0.2) is 0 Å². The van der Waals surface area contributed by atoms with Crippen molar-refractivity contribution in [3.63, 3.8) is 0 Å². The predicted octanol–water partition coefficient (Wildman–Crippen LogP) is 3.42. The van der Waals surface area contributed by atoms with E-state index in [1.807, 2.05) is 24.1 Å². The molecule has 1 N–H and O–H groups in total. The summed E-state index contributed by atoms with van der Waals surface area (Å²) in [7, 11) is 1.89. The smallest absolute Gasteiger partial charge is 0.307 e. The summed E-state index contributed by atoms with van der Waals surface area (Å²) in [6.45, 7) is 3.26. The Balaban J connectivity index is 2.08. The van der Waals surface area contributed by atoms with Crippen molar-refractivity contribution in [2.75, 3.05) is 26.7 Å². The molecule has 0 radical (unpaired) electrons. The quantitative estimate of drug-likeness (QED) is 0.899. The molecule has 114 valence electrons. The molecule has 0 saturated carbocycles. The molecular weight excluding hydrogens is 313 g/mol. The van der Waals surface area contributed by atoms with E-state index >= 15 is 0 Å². The molecule has 1 heterocycles. The minimum atomic E-state index is -0.792. The summed E-state index contributed by atoms with van der Waals surface area (Å²) in [6, 6.07) is 3.46. The molecule has 2 rings (SSSR count). The third kappa shape index (κ3) is 4.13. The Labute approximate surface area is 133 Å². The Morgan fingerprint density at radius 2 is 2.19 bits per heavy atom. The van der Waals surface area contributed by atoms with E-state index in [1.165, 1.54) is 0 Å². The van der Waals surface area contributed by atoms with E-state index in [9.17, 15) is 4.79 Å². The monoisotopic (exact) mass is 329 g/mol. The number of fused-ring (bicyclic) bond motifs is 1. The number of rotatable bonds is 5. The Bertz CT molecular complexity index is 587. The first-order valence-electron chi connectivity index (χ1n) is 6.59. The second-order valence-electron chi connectivity index (χ2n) is 5.33. The Morgan fingerprint density at radius 1 is 1.48 bits per heavy atom. The van der Waals surface area contributed by atoms with E-state index in [0.717, 1.165) is 11.1 Å². The summed E-state index contributed by atoms with van der Waals surface area (Å²) < 4.78 is 5.67. The van der Waals surface area contributed by atoms with Crippen molar-refractivity contribution in [2.24, 2.45) is 5.92 Å². The molecule has 0 aromatic heterocycles. The van der Waals surface area contributed by atoms with Crippen LogP contribution >= 0.6 is 23.2 Å². The number of benzene rings is 1.